The smallest absolute Gasteiger partial charge is 0.410 e. The fraction of sp³-hybridized carbons (Fsp3) is 0.500. The first-order valence-electron chi connectivity index (χ1n) is 11.4. The zero-order valence-electron chi connectivity index (χ0n) is 18.2. The molecule has 5 rings (SSSR count). The molecule has 2 fully saturated rings. The van der Waals surface area contributed by atoms with Crippen LogP contribution in [0.4, 0.5) is 4.79 Å². The zero-order valence-corrected chi connectivity index (χ0v) is 19.0. The average molecular weight is 438 g/mol. The minimum atomic E-state index is -0.156. The highest BCUT2D eigenvalue weighted by Gasteiger charge is 2.55. The highest BCUT2D eigenvalue weighted by Crippen LogP contribution is 2.56. The van der Waals surface area contributed by atoms with Crippen molar-refractivity contribution in [3.63, 3.8) is 0 Å². The molecule has 1 heterocycles. The molecular formula is C26H31NO3S. The summed E-state index contributed by atoms with van der Waals surface area (Å²) >= 11 is 1.70. The third-order valence-corrected chi connectivity index (χ3v) is 7.94. The minimum Gasteiger partial charge on any atom is -0.483 e. The molecule has 1 amide bonds. The van der Waals surface area contributed by atoms with Gasteiger partial charge in [0.15, 0.2) is 0 Å². The van der Waals surface area contributed by atoms with E-state index in [1.807, 2.05) is 35.2 Å². The van der Waals surface area contributed by atoms with Gasteiger partial charge in [0, 0.05) is 18.0 Å². The van der Waals surface area contributed by atoms with E-state index in [0.29, 0.717) is 18.5 Å². The number of thioether (sulfide) groups is 1. The zero-order chi connectivity index (χ0) is 21.3. The first-order chi connectivity index (χ1) is 15.2. The van der Waals surface area contributed by atoms with E-state index in [1.165, 1.54) is 36.8 Å². The maximum absolute atomic E-state index is 13.1. The van der Waals surface area contributed by atoms with E-state index < -0.39 is 0 Å². The van der Waals surface area contributed by atoms with Crippen LogP contribution in [-0.4, -0.2) is 35.8 Å². The number of piperidine rings is 1. The molecule has 31 heavy (non-hydrogen) atoms. The molecule has 0 unspecified atom stereocenters. The van der Waals surface area contributed by atoms with Crippen LogP contribution in [0.5, 0.6) is 5.75 Å². The Labute approximate surface area is 189 Å². The summed E-state index contributed by atoms with van der Waals surface area (Å²) in [5, 5.41) is 0. The van der Waals surface area contributed by atoms with Gasteiger partial charge < -0.3 is 14.4 Å². The van der Waals surface area contributed by atoms with E-state index in [1.54, 1.807) is 11.8 Å². The van der Waals surface area contributed by atoms with Crippen LogP contribution in [0.25, 0.3) is 0 Å². The van der Waals surface area contributed by atoms with E-state index in [0.717, 1.165) is 30.7 Å². The van der Waals surface area contributed by atoms with Gasteiger partial charge in [-0.15, -0.1) is 11.8 Å². The predicted molar refractivity (Wildman–Crippen MR) is 125 cm³/mol. The van der Waals surface area contributed by atoms with Crippen molar-refractivity contribution in [3.8, 4) is 5.75 Å². The van der Waals surface area contributed by atoms with Gasteiger partial charge in [0.05, 0.1) is 0 Å². The van der Waals surface area contributed by atoms with Crippen LogP contribution in [0.2, 0.25) is 0 Å². The van der Waals surface area contributed by atoms with Gasteiger partial charge in [-0.25, -0.2) is 4.79 Å². The van der Waals surface area contributed by atoms with Gasteiger partial charge in [-0.1, -0.05) is 49.2 Å². The van der Waals surface area contributed by atoms with Gasteiger partial charge in [-0.2, -0.15) is 0 Å². The van der Waals surface area contributed by atoms with Crippen LogP contribution in [0.1, 0.15) is 48.8 Å². The molecule has 0 aromatic heterocycles. The molecule has 2 aromatic carbocycles. The Morgan fingerprint density at radius 2 is 2.03 bits per heavy atom. The van der Waals surface area contributed by atoms with Crippen molar-refractivity contribution < 1.29 is 14.3 Å². The Balaban J connectivity index is 1.40. The van der Waals surface area contributed by atoms with E-state index in [2.05, 4.69) is 24.5 Å². The van der Waals surface area contributed by atoms with Gasteiger partial charge in [0.2, 0.25) is 0 Å². The van der Waals surface area contributed by atoms with Gasteiger partial charge >= 0.3 is 6.09 Å². The van der Waals surface area contributed by atoms with Crippen molar-refractivity contribution in [3.05, 3.63) is 65.2 Å². The summed E-state index contributed by atoms with van der Waals surface area (Å²) in [6.45, 7) is 1.12. The third-order valence-electron chi connectivity index (χ3n) is 7.59. The second kappa shape index (κ2) is 8.78. The van der Waals surface area contributed by atoms with Crippen molar-refractivity contribution in [1.82, 2.24) is 4.90 Å². The monoisotopic (exact) mass is 437 g/mol. The molecule has 2 aromatic rings. The maximum atomic E-state index is 13.1. The molecule has 164 valence electrons. The molecule has 0 radical (unpaired) electrons. The molecule has 5 heteroatoms. The van der Waals surface area contributed by atoms with E-state index in [4.69, 9.17) is 9.47 Å². The van der Waals surface area contributed by atoms with E-state index in [9.17, 15) is 4.79 Å². The molecule has 1 aliphatic heterocycles. The normalized spacial score (nSPS) is 26.5. The van der Waals surface area contributed by atoms with Crippen molar-refractivity contribution in [2.24, 2.45) is 5.92 Å². The van der Waals surface area contributed by atoms with E-state index >= 15 is 0 Å². The summed E-state index contributed by atoms with van der Waals surface area (Å²) < 4.78 is 11.7. The highest BCUT2D eigenvalue weighted by molar-refractivity contribution is 7.98. The number of carbonyl (C=O) groups is 1. The topological polar surface area (TPSA) is 38.8 Å². The third kappa shape index (κ3) is 3.82. The molecule has 1 saturated carbocycles. The lowest BCUT2D eigenvalue weighted by molar-refractivity contribution is -0.0137. The SMILES string of the molecule is CSCOc1ccc2c(c1)[C@@]13CCCC[C@H]1[C@@H](C2)N(C(=O)OCc1ccccc1)CC3. The average Bonchev–Trinajstić information content (AvgIpc) is 2.82. The molecule has 0 spiro atoms. The van der Waals surface area contributed by atoms with Crippen molar-refractivity contribution in [2.45, 2.75) is 56.6 Å². The largest absolute Gasteiger partial charge is 0.483 e. The van der Waals surface area contributed by atoms with Gasteiger partial charge in [0.1, 0.15) is 18.3 Å². The first-order valence-corrected chi connectivity index (χ1v) is 12.8. The number of amides is 1. The summed E-state index contributed by atoms with van der Waals surface area (Å²) in [7, 11) is 0. The number of hydrogen-bond donors (Lipinski definition) is 0. The minimum absolute atomic E-state index is 0.156. The standard InChI is InChI=1S/C26H31NO3S/c1-31-18-30-21-11-10-20-15-24-22-9-5-6-12-26(22,23(20)16-21)13-14-27(24)25(28)29-17-19-7-3-2-4-8-19/h2-4,7-8,10-11,16,22,24H,5-6,9,12-15,17-18H2,1H3/t22-,24+,26+/m0/s1. The van der Waals surface area contributed by atoms with Crippen LogP contribution in [0, 0.1) is 5.92 Å². The fourth-order valence-electron chi connectivity index (χ4n) is 6.23. The molecule has 4 nitrogen and oxygen atoms in total. The quantitative estimate of drug-likeness (QED) is 0.556. The summed E-state index contributed by atoms with van der Waals surface area (Å²) in [6, 6.07) is 16.8. The van der Waals surface area contributed by atoms with Crippen LogP contribution in [0.15, 0.2) is 48.5 Å². The van der Waals surface area contributed by atoms with Crippen molar-refractivity contribution in [2.75, 3.05) is 18.7 Å². The summed E-state index contributed by atoms with van der Waals surface area (Å²) in [5.74, 6) is 2.18. The second-order valence-electron chi connectivity index (χ2n) is 9.13. The number of ether oxygens (including phenoxy) is 2. The number of hydrogen-bond acceptors (Lipinski definition) is 4. The Morgan fingerprint density at radius 3 is 2.87 bits per heavy atom. The number of likely N-dealkylation sites (tertiary alicyclic amines) is 1. The van der Waals surface area contributed by atoms with Crippen molar-refractivity contribution in [1.29, 1.82) is 0 Å². The van der Waals surface area contributed by atoms with Crippen LogP contribution in [0.3, 0.4) is 0 Å². The lowest BCUT2D eigenvalue weighted by Gasteiger charge is -2.58. The first kappa shape index (κ1) is 20.7. The fourth-order valence-corrected chi connectivity index (χ4v) is 6.48. The summed E-state index contributed by atoms with van der Waals surface area (Å²) in [5.41, 5.74) is 4.10. The van der Waals surface area contributed by atoms with Gasteiger partial charge in [-0.05, 0) is 66.7 Å². The number of rotatable bonds is 5. The summed E-state index contributed by atoms with van der Waals surface area (Å²) in [4.78, 5) is 15.1. The molecule has 2 aliphatic carbocycles. The number of carbonyl (C=O) groups excluding carboxylic acids is 1. The molecule has 0 N–H and O–H groups in total. The molecule has 3 atom stereocenters. The number of fused-ring (bicyclic) bond motifs is 1. The maximum Gasteiger partial charge on any atom is 0.410 e. The molecular weight excluding hydrogens is 406 g/mol. The van der Waals surface area contributed by atoms with Crippen LogP contribution >= 0.6 is 11.8 Å². The highest BCUT2D eigenvalue weighted by atomic mass is 32.2. The lowest BCUT2D eigenvalue weighted by Crippen LogP contribution is -2.62. The van der Waals surface area contributed by atoms with Gasteiger partial charge in [0.25, 0.3) is 0 Å². The molecule has 3 aliphatic rings. The molecule has 1 saturated heterocycles. The lowest BCUT2D eigenvalue weighted by atomic mass is 9.52. The Morgan fingerprint density at radius 1 is 1.16 bits per heavy atom. The Bertz CT molecular complexity index is 934. The van der Waals surface area contributed by atoms with Crippen molar-refractivity contribution >= 4 is 17.9 Å². The predicted octanol–water partition coefficient (Wildman–Crippen LogP) is 5.78. The van der Waals surface area contributed by atoms with Crippen LogP contribution in [-0.2, 0) is 23.2 Å². The van der Waals surface area contributed by atoms with Crippen LogP contribution < -0.4 is 4.74 Å². The Kier molecular flexibility index (Phi) is 5.87. The van der Waals surface area contributed by atoms with E-state index in [-0.39, 0.29) is 17.6 Å². The second-order valence-corrected chi connectivity index (χ2v) is 9.95. The number of benzene rings is 2. The number of nitrogens with zero attached hydrogens (tertiary/aromatic N) is 1. The Hall–Kier alpha value is -2.14. The van der Waals surface area contributed by atoms with Gasteiger partial charge in [-0.3, -0.25) is 0 Å². The summed E-state index contributed by atoms with van der Waals surface area (Å²) in [6.07, 6.45) is 8.80. The molecule has 2 bridgehead atoms.